The summed E-state index contributed by atoms with van der Waals surface area (Å²) >= 11 is 0. The van der Waals surface area contributed by atoms with Gasteiger partial charge in [0, 0.05) is 12.1 Å². The average Bonchev–Trinajstić information content (AvgIpc) is 2.36. The monoisotopic (exact) mass is 262 g/mol. The predicted molar refractivity (Wildman–Crippen MR) is 71.1 cm³/mol. The zero-order valence-electron chi connectivity index (χ0n) is 10.8. The summed E-state index contributed by atoms with van der Waals surface area (Å²) in [6.07, 6.45) is 1.48. The molecular weight excluding hydrogens is 244 g/mol. The van der Waals surface area contributed by atoms with Gasteiger partial charge in [0.15, 0.2) is 6.61 Å². The lowest BCUT2D eigenvalue weighted by molar-refractivity contribution is -0.118. The normalized spacial score (nSPS) is 26.7. The molecule has 0 saturated heterocycles. The van der Waals surface area contributed by atoms with Gasteiger partial charge in [-0.3, -0.25) is 4.79 Å². The maximum absolute atomic E-state index is 11.3. The lowest BCUT2D eigenvalue weighted by Crippen LogP contribution is -2.45. The number of anilines is 1. The van der Waals surface area contributed by atoms with E-state index in [2.05, 4.69) is 17.6 Å². The molecule has 0 aromatic heterocycles. The number of hydrogen-bond acceptors (Lipinski definition) is 4. The Labute approximate surface area is 112 Å². The smallest absolute Gasteiger partial charge is 0.262 e. The van der Waals surface area contributed by atoms with E-state index >= 15 is 0 Å². The standard InChI is InChI=1S/C14H18N2O3/c1-8(15-10-5-11(17)6-10)9-2-3-13-12(4-9)16-14(18)7-19-13/h2-4,8,10-11,15,17H,5-7H2,1H3,(H,16,18). The highest BCUT2D eigenvalue weighted by atomic mass is 16.5. The molecule has 1 amide bonds. The molecule has 102 valence electrons. The van der Waals surface area contributed by atoms with Gasteiger partial charge in [-0.15, -0.1) is 0 Å². The van der Waals surface area contributed by atoms with E-state index in [0.717, 1.165) is 29.8 Å². The van der Waals surface area contributed by atoms with E-state index in [0.29, 0.717) is 6.04 Å². The van der Waals surface area contributed by atoms with Gasteiger partial charge in [0.05, 0.1) is 11.8 Å². The van der Waals surface area contributed by atoms with E-state index in [1.165, 1.54) is 0 Å². The van der Waals surface area contributed by atoms with Crippen LogP contribution in [0.1, 0.15) is 31.4 Å². The van der Waals surface area contributed by atoms with Crippen LogP contribution >= 0.6 is 0 Å². The van der Waals surface area contributed by atoms with Crippen LogP contribution in [-0.4, -0.2) is 29.8 Å². The summed E-state index contributed by atoms with van der Waals surface area (Å²) < 4.78 is 5.33. The van der Waals surface area contributed by atoms with Crippen molar-refractivity contribution in [3.63, 3.8) is 0 Å². The molecule has 1 unspecified atom stereocenters. The van der Waals surface area contributed by atoms with Crippen molar-refractivity contribution in [2.24, 2.45) is 0 Å². The summed E-state index contributed by atoms with van der Waals surface area (Å²) in [5, 5.41) is 15.6. The minimum Gasteiger partial charge on any atom is -0.482 e. The summed E-state index contributed by atoms with van der Waals surface area (Å²) in [7, 11) is 0. The van der Waals surface area contributed by atoms with Gasteiger partial charge < -0.3 is 20.5 Å². The van der Waals surface area contributed by atoms with E-state index in [4.69, 9.17) is 4.74 Å². The molecule has 1 aromatic rings. The number of carbonyl (C=O) groups is 1. The molecule has 3 N–H and O–H groups in total. The van der Waals surface area contributed by atoms with Crippen molar-refractivity contribution in [1.29, 1.82) is 0 Å². The number of amides is 1. The highest BCUT2D eigenvalue weighted by Gasteiger charge is 2.28. The molecule has 1 aromatic carbocycles. The van der Waals surface area contributed by atoms with Crippen LogP contribution in [0.25, 0.3) is 0 Å². The number of nitrogens with one attached hydrogen (secondary N) is 2. The number of carbonyl (C=O) groups excluding carboxylic acids is 1. The molecule has 1 aliphatic heterocycles. The van der Waals surface area contributed by atoms with E-state index in [9.17, 15) is 9.90 Å². The molecule has 1 saturated carbocycles. The third-order valence-electron chi connectivity index (χ3n) is 3.74. The molecule has 3 rings (SSSR count). The minimum absolute atomic E-state index is 0.0834. The van der Waals surface area contributed by atoms with E-state index in [1.807, 2.05) is 18.2 Å². The first-order valence-corrected chi connectivity index (χ1v) is 6.62. The largest absolute Gasteiger partial charge is 0.482 e. The molecule has 5 nitrogen and oxygen atoms in total. The van der Waals surface area contributed by atoms with Gasteiger partial charge in [0.1, 0.15) is 5.75 Å². The number of rotatable bonds is 3. The second kappa shape index (κ2) is 4.83. The third-order valence-corrected chi connectivity index (χ3v) is 3.74. The Balaban J connectivity index is 1.70. The highest BCUT2D eigenvalue weighted by molar-refractivity contribution is 5.95. The fraction of sp³-hybridized carbons (Fsp3) is 0.500. The fourth-order valence-electron chi connectivity index (χ4n) is 2.54. The van der Waals surface area contributed by atoms with Gasteiger partial charge in [0.25, 0.3) is 5.91 Å². The molecule has 2 aliphatic rings. The summed E-state index contributed by atoms with van der Waals surface area (Å²) in [5.74, 6) is 0.599. The molecule has 1 aliphatic carbocycles. The molecule has 1 heterocycles. The Kier molecular flexibility index (Phi) is 3.16. The lowest BCUT2D eigenvalue weighted by Gasteiger charge is -2.34. The quantitative estimate of drug-likeness (QED) is 0.765. The number of aliphatic hydroxyl groups is 1. The van der Waals surface area contributed by atoms with Gasteiger partial charge >= 0.3 is 0 Å². The second-order valence-corrected chi connectivity index (χ2v) is 5.30. The van der Waals surface area contributed by atoms with Crippen molar-refractivity contribution in [2.45, 2.75) is 38.0 Å². The Morgan fingerprint density at radius 2 is 2.26 bits per heavy atom. The van der Waals surface area contributed by atoms with Crippen molar-refractivity contribution < 1.29 is 14.6 Å². The first-order chi connectivity index (χ1) is 9.11. The number of hydrogen-bond donors (Lipinski definition) is 3. The highest BCUT2D eigenvalue weighted by Crippen LogP contribution is 2.31. The Bertz CT molecular complexity index is 497. The maximum atomic E-state index is 11.3. The summed E-state index contributed by atoms with van der Waals surface area (Å²) in [4.78, 5) is 11.3. The Morgan fingerprint density at radius 1 is 1.47 bits per heavy atom. The number of fused-ring (bicyclic) bond motifs is 1. The molecule has 5 heteroatoms. The van der Waals surface area contributed by atoms with Crippen LogP contribution in [-0.2, 0) is 4.79 Å². The fourth-order valence-corrected chi connectivity index (χ4v) is 2.54. The van der Waals surface area contributed by atoms with Crippen molar-refractivity contribution in [1.82, 2.24) is 5.32 Å². The van der Waals surface area contributed by atoms with Crippen LogP contribution in [0.2, 0.25) is 0 Å². The third kappa shape index (κ3) is 2.57. The average molecular weight is 262 g/mol. The van der Waals surface area contributed by atoms with Crippen molar-refractivity contribution in [2.75, 3.05) is 11.9 Å². The van der Waals surface area contributed by atoms with Crippen LogP contribution in [0.5, 0.6) is 5.75 Å². The van der Waals surface area contributed by atoms with E-state index in [-0.39, 0.29) is 24.7 Å². The molecular formula is C14H18N2O3. The second-order valence-electron chi connectivity index (χ2n) is 5.30. The SMILES string of the molecule is CC(NC1CC(O)C1)c1ccc2c(c1)NC(=O)CO2. The molecule has 1 atom stereocenters. The zero-order chi connectivity index (χ0) is 13.4. The summed E-state index contributed by atoms with van der Waals surface area (Å²) in [5.41, 5.74) is 1.84. The van der Waals surface area contributed by atoms with Gasteiger partial charge in [-0.1, -0.05) is 6.07 Å². The maximum Gasteiger partial charge on any atom is 0.262 e. The first-order valence-electron chi connectivity index (χ1n) is 6.62. The molecule has 0 bridgehead atoms. The topological polar surface area (TPSA) is 70.6 Å². The van der Waals surface area contributed by atoms with E-state index < -0.39 is 0 Å². The van der Waals surface area contributed by atoms with Crippen molar-refractivity contribution in [3.8, 4) is 5.75 Å². The minimum atomic E-state index is -0.152. The zero-order valence-corrected chi connectivity index (χ0v) is 10.8. The lowest BCUT2D eigenvalue weighted by atomic mass is 9.88. The molecule has 19 heavy (non-hydrogen) atoms. The van der Waals surface area contributed by atoms with Crippen molar-refractivity contribution >= 4 is 11.6 Å². The van der Waals surface area contributed by atoms with Crippen LogP contribution in [0.3, 0.4) is 0 Å². The van der Waals surface area contributed by atoms with Gasteiger partial charge in [0.2, 0.25) is 0 Å². The number of benzene rings is 1. The Morgan fingerprint density at radius 3 is 3.00 bits per heavy atom. The molecule has 1 fully saturated rings. The number of ether oxygens (including phenoxy) is 1. The van der Waals surface area contributed by atoms with Crippen LogP contribution < -0.4 is 15.4 Å². The van der Waals surface area contributed by atoms with E-state index in [1.54, 1.807) is 0 Å². The van der Waals surface area contributed by atoms with Crippen LogP contribution in [0.15, 0.2) is 18.2 Å². The molecule has 0 radical (unpaired) electrons. The Hall–Kier alpha value is -1.59. The summed E-state index contributed by atoms with van der Waals surface area (Å²) in [6, 6.07) is 6.40. The van der Waals surface area contributed by atoms with Gasteiger partial charge in [-0.05, 0) is 37.5 Å². The predicted octanol–water partition coefficient (Wildman–Crippen LogP) is 1.19. The molecule has 0 spiro atoms. The number of aliphatic hydroxyl groups excluding tert-OH is 1. The van der Waals surface area contributed by atoms with Crippen molar-refractivity contribution in [3.05, 3.63) is 23.8 Å². The van der Waals surface area contributed by atoms with Gasteiger partial charge in [-0.25, -0.2) is 0 Å². The van der Waals surface area contributed by atoms with Gasteiger partial charge in [-0.2, -0.15) is 0 Å². The van der Waals surface area contributed by atoms with Crippen LogP contribution in [0, 0.1) is 0 Å². The van der Waals surface area contributed by atoms with Crippen LogP contribution in [0.4, 0.5) is 5.69 Å². The first kappa shape index (κ1) is 12.4. The summed E-state index contributed by atoms with van der Waals surface area (Å²) in [6.45, 7) is 2.16.